The summed E-state index contributed by atoms with van der Waals surface area (Å²) in [6.07, 6.45) is 2.37. The van der Waals surface area contributed by atoms with E-state index >= 15 is 0 Å². The third-order valence-electron chi connectivity index (χ3n) is 3.87. The molecule has 2 aromatic rings. The molecule has 5 nitrogen and oxygen atoms in total. The summed E-state index contributed by atoms with van der Waals surface area (Å²) in [6.45, 7) is 2.00. The van der Waals surface area contributed by atoms with Crippen molar-refractivity contribution in [2.75, 3.05) is 0 Å². The lowest BCUT2D eigenvalue weighted by molar-refractivity contribution is -0.142. The number of carboxylic acids is 1. The van der Waals surface area contributed by atoms with E-state index < -0.39 is 11.9 Å². The number of nitrogens with zero attached hydrogens (tertiary/aromatic N) is 2. The molecule has 0 bridgehead atoms. The quantitative estimate of drug-likeness (QED) is 0.929. The molecule has 2 unspecified atom stereocenters. The Morgan fingerprint density at radius 2 is 2.25 bits per heavy atom. The number of benzene rings is 1. The third-order valence-corrected chi connectivity index (χ3v) is 3.87. The molecule has 2 atom stereocenters. The van der Waals surface area contributed by atoms with E-state index in [-0.39, 0.29) is 5.92 Å². The van der Waals surface area contributed by atoms with Crippen molar-refractivity contribution in [1.82, 2.24) is 10.1 Å². The maximum atomic E-state index is 11.2. The minimum absolute atomic E-state index is 0.154. The molecule has 1 saturated carbocycles. The predicted octanol–water partition coefficient (Wildman–Crippen LogP) is 3.01. The van der Waals surface area contributed by atoms with Crippen molar-refractivity contribution in [2.24, 2.45) is 5.92 Å². The van der Waals surface area contributed by atoms with E-state index in [1.54, 1.807) is 0 Å². The molecule has 0 saturated heterocycles. The zero-order valence-corrected chi connectivity index (χ0v) is 11.2. The third kappa shape index (κ3) is 2.31. The highest BCUT2D eigenvalue weighted by Gasteiger charge is 2.37. The number of hydrogen-bond acceptors (Lipinski definition) is 4. The second kappa shape index (κ2) is 5.07. The van der Waals surface area contributed by atoms with Gasteiger partial charge in [0.2, 0.25) is 11.7 Å². The molecule has 1 heterocycles. The van der Waals surface area contributed by atoms with Gasteiger partial charge in [-0.2, -0.15) is 4.98 Å². The summed E-state index contributed by atoms with van der Waals surface area (Å²) in [7, 11) is 0. The lowest BCUT2D eigenvalue weighted by atomic mass is 9.96. The standard InChI is InChI=1S/C15H16N2O3/c1-9-4-2-5-10(8-9)13-16-14(20-17-13)11-6-3-7-12(11)15(18)19/h2,4-5,8,11-12H,3,6-7H2,1H3,(H,18,19). The summed E-state index contributed by atoms with van der Waals surface area (Å²) in [5.74, 6) is -0.353. The summed E-state index contributed by atoms with van der Waals surface area (Å²) in [5.41, 5.74) is 2.02. The maximum Gasteiger partial charge on any atom is 0.307 e. The molecule has 0 radical (unpaired) electrons. The number of aliphatic carboxylic acids is 1. The number of rotatable bonds is 3. The monoisotopic (exact) mass is 272 g/mol. The second-order valence-corrected chi connectivity index (χ2v) is 5.31. The normalized spacial score (nSPS) is 22.1. The van der Waals surface area contributed by atoms with Crippen molar-refractivity contribution in [1.29, 1.82) is 0 Å². The molecule has 1 fully saturated rings. The minimum Gasteiger partial charge on any atom is -0.481 e. The average molecular weight is 272 g/mol. The number of carbonyl (C=O) groups is 1. The summed E-state index contributed by atoms with van der Waals surface area (Å²) in [4.78, 5) is 15.6. The Balaban J connectivity index is 1.89. The molecule has 1 aromatic carbocycles. The topological polar surface area (TPSA) is 76.2 Å². The van der Waals surface area contributed by atoms with Gasteiger partial charge in [-0.3, -0.25) is 4.79 Å². The Bertz CT molecular complexity index is 636. The fourth-order valence-electron chi connectivity index (χ4n) is 2.84. The van der Waals surface area contributed by atoms with Crippen LogP contribution in [0, 0.1) is 12.8 Å². The largest absolute Gasteiger partial charge is 0.481 e. The van der Waals surface area contributed by atoms with Crippen LogP contribution in [0.3, 0.4) is 0 Å². The SMILES string of the molecule is Cc1cccc(-c2noc(C3CCCC3C(=O)O)n2)c1. The first-order chi connectivity index (χ1) is 9.65. The molecule has 1 N–H and O–H groups in total. The van der Waals surface area contributed by atoms with Crippen LogP contribution >= 0.6 is 0 Å². The summed E-state index contributed by atoms with van der Waals surface area (Å²) >= 11 is 0. The molecule has 1 aromatic heterocycles. The highest BCUT2D eigenvalue weighted by atomic mass is 16.5. The van der Waals surface area contributed by atoms with Crippen molar-refractivity contribution < 1.29 is 14.4 Å². The van der Waals surface area contributed by atoms with E-state index in [9.17, 15) is 9.90 Å². The van der Waals surface area contributed by atoms with Gasteiger partial charge in [-0.05, 0) is 25.8 Å². The first-order valence-corrected chi connectivity index (χ1v) is 6.78. The minimum atomic E-state index is -0.775. The first kappa shape index (κ1) is 12.8. The van der Waals surface area contributed by atoms with Crippen molar-refractivity contribution in [3.63, 3.8) is 0 Å². The maximum absolute atomic E-state index is 11.2. The molecule has 5 heteroatoms. The van der Waals surface area contributed by atoms with Gasteiger partial charge < -0.3 is 9.63 Å². The molecule has 20 heavy (non-hydrogen) atoms. The van der Waals surface area contributed by atoms with Gasteiger partial charge in [0.1, 0.15) is 0 Å². The van der Waals surface area contributed by atoms with Crippen LogP contribution in [0.4, 0.5) is 0 Å². The molecule has 3 rings (SSSR count). The van der Waals surface area contributed by atoms with Crippen LogP contribution < -0.4 is 0 Å². The first-order valence-electron chi connectivity index (χ1n) is 6.78. The number of aromatic nitrogens is 2. The van der Waals surface area contributed by atoms with Crippen molar-refractivity contribution in [2.45, 2.75) is 32.1 Å². The molecule has 0 spiro atoms. The van der Waals surface area contributed by atoms with E-state index in [1.165, 1.54) is 0 Å². The van der Waals surface area contributed by atoms with Gasteiger partial charge in [0, 0.05) is 5.56 Å². The van der Waals surface area contributed by atoms with Crippen LogP contribution in [-0.2, 0) is 4.79 Å². The van der Waals surface area contributed by atoms with Crippen LogP contribution in [0.1, 0.15) is 36.6 Å². The van der Waals surface area contributed by atoms with Gasteiger partial charge in [0.05, 0.1) is 11.8 Å². The van der Waals surface area contributed by atoms with Crippen LogP contribution in [-0.4, -0.2) is 21.2 Å². The summed E-state index contributed by atoms with van der Waals surface area (Å²) in [5, 5.41) is 13.2. The average Bonchev–Trinajstić information content (AvgIpc) is 3.07. The lowest BCUT2D eigenvalue weighted by Gasteiger charge is -2.10. The highest BCUT2D eigenvalue weighted by molar-refractivity contribution is 5.71. The Morgan fingerprint density at radius 1 is 1.40 bits per heavy atom. The van der Waals surface area contributed by atoms with Crippen LogP contribution in [0.5, 0.6) is 0 Å². The molecule has 0 amide bonds. The summed E-state index contributed by atoms with van der Waals surface area (Å²) in [6, 6.07) is 7.85. The van der Waals surface area contributed by atoms with Gasteiger partial charge in [0.25, 0.3) is 0 Å². The smallest absolute Gasteiger partial charge is 0.307 e. The predicted molar refractivity (Wildman–Crippen MR) is 72.2 cm³/mol. The second-order valence-electron chi connectivity index (χ2n) is 5.31. The zero-order chi connectivity index (χ0) is 14.1. The number of hydrogen-bond donors (Lipinski definition) is 1. The Labute approximate surface area is 116 Å². The Kier molecular flexibility index (Phi) is 3.26. The van der Waals surface area contributed by atoms with Crippen molar-refractivity contribution in [3.8, 4) is 11.4 Å². The van der Waals surface area contributed by atoms with Gasteiger partial charge in [-0.1, -0.05) is 35.3 Å². The molecule has 1 aliphatic rings. The van der Waals surface area contributed by atoms with E-state index in [0.29, 0.717) is 18.1 Å². The van der Waals surface area contributed by atoms with Crippen molar-refractivity contribution >= 4 is 5.97 Å². The number of aryl methyl sites for hydroxylation is 1. The van der Waals surface area contributed by atoms with E-state index in [0.717, 1.165) is 24.0 Å². The van der Waals surface area contributed by atoms with Crippen LogP contribution in [0.2, 0.25) is 0 Å². The Hall–Kier alpha value is -2.17. The molecular weight excluding hydrogens is 256 g/mol. The fourth-order valence-corrected chi connectivity index (χ4v) is 2.84. The lowest BCUT2D eigenvalue weighted by Crippen LogP contribution is -2.17. The molecule has 0 aliphatic heterocycles. The fraction of sp³-hybridized carbons (Fsp3) is 0.400. The van der Waals surface area contributed by atoms with E-state index in [4.69, 9.17) is 4.52 Å². The van der Waals surface area contributed by atoms with Crippen molar-refractivity contribution in [3.05, 3.63) is 35.7 Å². The number of carboxylic acid groups (broad SMARTS) is 1. The Morgan fingerprint density at radius 3 is 3.00 bits per heavy atom. The zero-order valence-electron chi connectivity index (χ0n) is 11.2. The van der Waals surface area contributed by atoms with Gasteiger partial charge in [-0.25, -0.2) is 0 Å². The van der Waals surface area contributed by atoms with Crippen LogP contribution in [0.15, 0.2) is 28.8 Å². The van der Waals surface area contributed by atoms with Gasteiger partial charge >= 0.3 is 5.97 Å². The van der Waals surface area contributed by atoms with Gasteiger partial charge in [0.15, 0.2) is 0 Å². The van der Waals surface area contributed by atoms with Crippen LogP contribution in [0.25, 0.3) is 11.4 Å². The molecule has 1 aliphatic carbocycles. The molecule has 104 valence electrons. The summed E-state index contributed by atoms with van der Waals surface area (Å²) < 4.78 is 5.30. The molecular formula is C15H16N2O3. The van der Waals surface area contributed by atoms with Gasteiger partial charge in [-0.15, -0.1) is 0 Å². The van der Waals surface area contributed by atoms with E-state index in [2.05, 4.69) is 10.1 Å². The van der Waals surface area contributed by atoms with E-state index in [1.807, 2.05) is 31.2 Å². The highest BCUT2D eigenvalue weighted by Crippen LogP contribution is 2.39.